The van der Waals surface area contributed by atoms with Gasteiger partial charge in [0.1, 0.15) is 0 Å². The van der Waals surface area contributed by atoms with E-state index in [9.17, 15) is 0 Å². The van der Waals surface area contributed by atoms with Crippen LogP contribution in [0.25, 0.3) is 0 Å². The second kappa shape index (κ2) is 4.12. The Morgan fingerprint density at radius 1 is 1.55 bits per heavy atom. The molecule has 0 amide bonds. The average Bonchev–Trinajstić information content (AvgIpc) is 2.03. The van der Waals surface area contributed by atoms with Gasteiger partial charge in [0.2, 0.25) is 0 Å². The van der Waals surface area contributed by atoms with Crippen LogP contribution in [-0.2, 0) is 0 Å². The van der Waals surface area contributed by atoms with Crippen molar-refractivity contribution >= 4 is 6.21 Å². The van der Waals surface area contributed by atoms with Crippen molar-refractivity contribution in [2.75, 3.05) is 0 Å². The summed E-state index contributed by atoms with van der Waals surface area (Å²) in [6, 6.07) is 0. The zero-order chi connectivity index (χ0) is 8.10. The highest BCUT2D eigenvalue weighted by Gasteiger charge is 2.00. The molecule has 0 aliphatic carbocycles. The summed E-state index contributed by atoms with van der Waals surface area (Å²) in [4.78, 5) is 4.08. The standard InChI is InChI=1S/C10H15N/c1-9(2)5-6-10-4-3-7-11-8-10/h3,5-10H,4H2,1-2H3/b6-5+. The molecule has 1 unspecified atom stereocenters. The lowest BCUT2D eigenvalue weighted by Gasteiger charge is -2.06. The van der Waals surface area contributed by atoms with E-state index in [0.29, 0.717) is 11.8 Å². The van der Waals surface area contributed by atoms with Gasteiger partial charge in [0.15, 0.2) is 0 Å². The van der Waals surface area contributed by atoms with Crippen LogP contribution in [0.1, 0.15) is 20.3 Å². The topological polar surface area (TPSA) is 12.4 Å². The van der Waals surface area contributed by atoms with Gasteiger partial charge >= 0.3 is 0 Å². The molecule has 60 valence electrons. The minimum absolute atomic E-state index is 0.530. The molecule has 0 aromatic heterocycles. The monoisotopic (exact) mass is 149 g/mol. The molecule has 0 radical (unpaired) electrons. The second-order valence-corrected chi connectivity index (χ2v) is 3.21. The number of hydrogen-bond acceptors (Lipinski definition) is 1. The van der Waals surface area contributed by atoms with Crippen LogP contribution in [0.5, 0.6) is 0 Å². The zero-order valence-corrected chi connectivity index (χ0v) is 7.20. The smallest absolute Gasteiger partial charge is 0.0224 e. The Bertz CT molecular complexity index is 187. The lowest BCUT2D eigenvalue weighted by atomic mass is 10.0. The van der Waals surface area contributed by atoms with Gasteiger partial charge in [0, 0.05) is 18.3 Å². The molecule has 0 aromatic rings. The highest BCUT2D eigenvalue weighted by Crippen LogP contribution is 2.09. The first-order valence-corrected chi connectivity index (χ1v) is 4.15. The molecule has 1 aliphatic rings. The van der Waals surface area contributed by atoms with Crippen molar-refractivity contribution < 1.29 is 0 Å². The maximum atomic E-state index is 4.08. The van der Waals surface area contributed by atoms with Gasteiger partial charge in [0.05, 0.1) is 0 Å². The number of aliphatic imine (C=N–C) groups is 1. The van der Waals surface area contributed by atoms with Crippen LogP contribution in [0.2, 0.25) is 0 Å². The van der Waals surface area contributed by atoms with Crippen LogP contribution >= 0.6 is 0 Å². The summed E-state index contributed by atoms with van der Waals surface area (Å²) in [5, 5.41) is 0. The molecular weight excluding hydrogens is 134 g/mol. The highest BCUT2D eigenvalue weighted by atomic mass is 14.7. The van der Waals surface area contributed by atoms with Gasteiger partial charge in [-0.3, -0.25) is 4.99 Å². The van der Waals surface area contributed by atoms with Crippen molar-refractivity contribution in [1.29, 1.82) is 0 Å². The Morgan fingerprint density at radius 2 is 2.36 bits per heavy atom. The van der Waals surface area contributed by atoms with Gasteiger partial charge in [-0.05, 0) is 12.3 Å². The summed E-state index contributed by atoms with van der Waals surface area (Å²) in [5.74, 6) is 1.18. The molecule has 0 aromatic carbocycles. The summed E-state index contributed by atoms with van der Waals surface area (Å²) in [6.45, 7) is 4.37. The minimum atomic E-state index is 0.530. The first kappa shape index (κ1) is 8.25. The lowest BCUT2D eigenvalue weighted by Crippen LogP contribution is -1.99. The average molecular weight is 149 g/mol. The van der Waals surface area contributed by atoms with Gasteiger partial charge in [0.25, 0.3) is 0 Å². The molecule has 11 heavy (non-hydrogen) atoms. The molecule has 1 aliphatic heterocycles. The molecule has 0 N–H and O–H groups in total. The number of hydrogen-bond donors (Lipinski definition) is 0. The van der Waals surface area contributed by atoms with Crippen LogP contribution in [0.4, 0.5) is 0 Å². The van der Waals surface area contributed by atoms with Gasteiger partial charge in [-0.2, -0.15) is 0 Å². The SMILES string of the molecule is CC(C)/C=C/C1C=NC=CC1. The van der Waals surface area contributed by atoms with Crippen molar-refractivity contribution in [2.45, 2.75) is 20.3 Å². The summed E-state index contributed by atoms with van der Waals surface area (Å²) < 4.78 is 0. The largest absolute Gasteiger partial charge is 0.269 e. The Morgan fingerprint density at radius 3 is 2.91 bits per heavy atom. The van der Waals surface area contributed by atoms with E-state index in [2.05, 4.69) is 37.1 Å². The van der Waals surface area contributed by atoms with Crippen molar-refractivity contribution in [1.82, 2.24) is 0 Å². The second-order valence-electron chi connectivity index (χ2n) is 3.21. The summed E-state index contributed by atoms with van der Waals surface area (Å²) >= 11 is 0. The number of allylic oxidation sites excluding steroid dienone is 3. The normalized spacial score (nSPS) is 23.7. The van der Waals surface area contributed by atoms with Crippen molar-refractivity contribution in [2.24, 2.45) is 16.8 Å². The zero-order valence-electron chi connectivity index (χ0n) is 7.20. The van der Waals surface area contributed by atoms with Gasteiger partial charge < -0.3 is 0 Å². The Kier molecular flexibility index (Phi) is 3.09. The fraction of sp³-hybridized carbons (Fsp3) is 0.500. The molecule has 0 fully saturated rings. The van der Waals surface area contributed by atoms with E-state index in [0.717, 1.165) is 6.42 Å². The quantitative estimate of drug-likeness (QED) is 0.535. The summed E-state index contributed by atoms with van der Waals surface area (Å²) in [7, 11) is 0. The maximum absolute atomic E-state index is 4.08. The molecule has 0 saturated heterocycles. The van der Waals surface area contributed by atoms with Crippen molar-refractivity contribution in [3.05, 3.63) is 24.4 Å². The number of rotatable bonds is 2. The third-order valence-corrected chi connectivity index (χ3v) is 1.62. The fourth-order valence-electron chi connectivity index (χ4n) is 0.993. The predicted molar refractivity (Wildman–Crippen MR) is 49.7 cm³/mol. The molecule has 0 spiro atoms. The molecule has 1 nitrogen and oxygen atoms in total. The van der Waals surface area contributed by atoms with Crippen LogP contribution in [0.3, 0.4) is 0 Å². The molecule has 0 saturated carbocycles. The molecular formula is C10H15N. The van der Waals surface area contributed by atoms with Gasteiger partial charge in [-0.1, -0.05) is 32.1 Å². The summed E-state index contributed by atoms with van der Waals surface area (Å²) in [6.07, 6.45) is 11.5. The van der Waals surface area contributed by atoms with Crippen molar-refractivity contribution in [3.8, 4) is 0 Å². The summed E-state index contributed by atoms with van der Waals surface area (Å²) in [5.41, 5.74) is 0. The Labute approximate surface area is 68.5 Å². The van der Waals surface area contributed by atoms with Gasteiger partial charge in [-0.25, -0.2) is 0 Å². The van der Waals surface area contributed by atoms with E-state index in [-0.39, 0.29) is 0 Å². The fourth-order valence-corrected chi connectivity index (χ4v) is 0.993. The van der Waals surface area contributed by atoms with Crippen LogP contribution < -0.4 is 0 Å². The molecule has 1 rings (SSSR count). The van der Waals surface area contributed by atoms with Crippen molar-refractivity contribution in [3.63, 3.8) is 0 Å². The van der Waals surface area contributed by atoms with E-state index >= 15 is 0 Å². The predicted octanol–water partition coefficient (Wildman–Crippen LogP) is 2.80. The lowest BCUT2D eigenvalue weighted by molar-refractivity contribution is 0.803. The number of nitrogens with zero attached hydrogens (tertiary/aromatic N) is 1. The first-order chi connectivity index (χ1) is 5.29. The minimum Gasteiger partial charge on any atom is -0.269 e. The van der Waals surface area contributed by atoms with Gasteiger partial charge in [-0.15, -0.1) is 0 Å². The van der Waals surface area contributed by atoms with Crippen LogP contribution in [-0.4, -0.2) is 6.21 Å². The Balaban J connectivity index is 2.38. The van der Waals surface area contributed by atoms with E-state index in [1.165, 1.54) is 0 Å². The van der Waals surface area contributed by atoms with Crippen LogP contribution in [0, 0.1) is 11.8 Å². The maximum Gasteiger partial charge on any atom is 0.0224 e. The molecule has 1 heterocycles. The van der Waals surface area contributed by atoms with E-state index in [1.807, 2.05) is 12.4 Å². The third kappa shape index (κ3) is 3.17. The van der Waals surface area contributed by atoms with E-state index in [4.69, 9.17) is 0 Å². The van der Waals surface area contributed by atoms with E-state index < -0.39 is 0 Å². The Hall–Kier alpha value is -0.850. The third-order valence-electron chi connectivity index (χ3n) is 1.62. The first-order valence-electron chi connectivity index (χ1n) is 4.15. The highest BCUT2D eigenvalue weighted by molar-refractivity contribution is 5.65. The molecule has 1 heteroatoms. The van der Waals surface area contributed by atoms with E-state index in [1.54, 1.807) is 0 Å². The molecule has 1 atom stereocenters. The van der Waals surface area contributed by atoms with Crippen LogP contribution in [0.15, 0.2) is 29.4 Å². The molecule has 0 bridgehead atoms.